The number of benzene rings is 2. The smallest absolute Gasteiger partial charge is 0.104 e. The van der Waals surface area contributed by atoms with Crippen molar-refractivity contribution in [1.29, 1.82) is 5.26 Å². The Morgan fingerprint density at radius 3 is 2.71 bits per heavy atom. The van der Waals surface area contributed by atoms with Gasteiger partial charge in [-0.15, -0.1) is 11.8 Å². The zero-order chi connectivity index (χ0) is 14.7. The number of hydrogen-bond acceptors (Lipinski definition) is 3. The van der Waals surface area contributed by atoms with Gasteiger partial charge in [0.1, 0.15) is 5.54 Å². The Morgan fingerprint density at radius 2 is 2.00 bits per heavy atom. The SMILES string of the molecule is CC(C#N)(CCSc1ccc2ccccc2c1)NC1CC1. The Hall–Kier alpha value is -1.50. The molecule has 0 spiro atoms. The van der Waals surface area contributed by atoms with Gasteiger partial charge in [0.05, 0.1) is 6.07 Å². The average molecular weight is 296 g/mol. The highest BCUT2D eigenvalue weighted by atomic mass is 32.2. The van der Waals surface area contributed by atoms with Crippen LogP contribution in [-0.4, -0.2) is 17.3 Å². The van der Waals surface area contributed by atoms with Crippen LogP contribution in [0.3, 0.4) is 0 Å². The van der Waals surface area contributed by atoms with Crippen molar-refractivity contribution in [3.8, 4) is 6.07 Å². The number of thioether (sulfide) groups is 1. The summed E-state index contributed by atoms with van der Waals surface area (Å²) < 4.78 is 0. The Bertz CT molecular complexity index is 672. The predicted octanol–water partition coefficient (Wildman–Crippen LogP) is 4.36. The zero-order valence-corrected chi connectivity index (χ0v) is 13.1. The Morgan fingerprint density at radius 1 is 1.24 bits per heavy atom. The van der Waals surface area contributed by atoms with Crippen LogP contribution < -0.4 is 5.32 Å². The van der Waals surface area contributed by atoms with Crippen molar-refractivity contribution >= 4 is 22.5 Å². The molecule has 0 saturated heterocycles. The maximum absolute atomic E-state index is 9.38. The first-order valence-electron chi connectivity index (χ1n) is 7.49. The molecule has 3 rings (SSSR count). The van der Waals surface area contributed by atoms with E-state index in [-0.39, 0.29) is 5.54 Å². The van der Waals surface area contributed by atoms with Gasteiger partial charge in [0.15, 0.2) is 0 Å². The van der Waals surface area contributed by atoms with Gasteiger partial charge in [-0.05, 0) is 49.1 Å². The Balaban J connectivity index is 1.59. The number of nitrogens with zero attached hydrogens (tertiary/aromatic N) is 1. The lowest BCUT2D eigenvalue weighted by atomic mass is 10.0. The van der Waals surface area contributed by atoms with E-state index in [4.69, 9.17) is 0 Å². The van der Waals surface area contributed by atoms with Gasteiger partial charge in [-0.1, -0.05) is 30.3 Å². The summed E-state index contributed by atoms with van der Waals surface area (Å²) in [5.41, 5.74) is -0.384. The van der Waals surface area contributed by atoms with Gasteiger partial charge in [-0.2, -0.15) is 5.26 Å². The molecule has 1 saturated carbocycles. The predicted molar refractivity (Wildman–Crippen MR) is 89.5 cm³/mol. The van der Waals surface area contributed by atoms with Gasteiger partial charge in [0, 0.05) is 16.7 Å². The average Bonchev–Trinajstić information content (AvgIpc) is 3.31. The van der Waals surface area contributed by atoms with E-state index in [9.17, 15) is 5.26 Å². The van der Waals surface area contributed by atoms with Crippen molar-refractivity contribution in [2.24, 2.45) is 0 Å². The first-order valence-corrected chi connectivity index (χ1v) is 8.48. The fourth-order valence-corrected chi connectivity index (χ4v) is 3.59. The van der Waals surface area contributed by atoms with E-state index < -0.39 is 0 Å². The van der Waals surface area contributed by atoms with Gasteiger partial charge in [0.2, 0.25) is 0 Å². The van der Waals surface area contributed by atoms with Crippen molar-refractivity contribution in [2.75, 3.05) is 5.75 Å². The molecule has 0 aliphatic heterocycles. The molecule has 1 atom stereocenters. The summed E-state index contributed by atoms with van der Waals surface area (Å²) >= 11 is 1.83. The lowest BCUT2D eigenvalue weighted by Crippen LogP contribution is -2.42. The van der Waals surface area contributed by atoms with Crippen molar-refractivity contribution < 1.29 is 0 Å². The minimum absolute atomic E-state index is 0.384. The van der Waals surface area contributed by atoms with Gasteiger partial charge >= 0.3 is 0 Å². The second kappa shape index (κ2) is 6.09. The normalized spacial score (nSPS) is 17.3. The molecule has 3 heteroatoms. The molecule has 2 aromatic rings. The highest BCUT2D eigenvalue weighted by Crippen LogP contribution is 2.28. The van der Waals surface area contributed by atoms with E-state index in [1.165, 1.54) is 28.5 Å². The zero-order valence-electron chi connectivity index (χ0n) is 12.3. The molecule has 0 heterocycles. The van der Waals surface area contributed by atoms with E-state index in [0.717, 1.165) is 12.2 Å². The summed E-state index contributed by atoms with van der Waals surface area (Å²) in [7, 11) is 0. The first-order chi connectivity index (χ1) is 10.2. The van der Waals surface area contributed by atoms with E-state index in [2.05, 4.69) is 53.9 Å². The van der Waals surface area contributed by atoms with E-state index in [1.54, 1.807) is 0 Å². The molecule has 0 amide bonds. The molecule has 21 heavy (non-hydrogen) atoms. The largest absolute Gasteiger partial charge is 0.297 e. The quantitative estimate of drug-likeness (QED) is 0.805. The monoisotopic (exact) mass is 296 g/mol. The number of rotatable bonds is 6. The number of nitrogens with one attached hydrogen (secondary N) is 1. The van der Waals surface area contributed by atoms with E-state index in [1.807, 2.05) is 18.7 Å². The van der Waals surface area contributed by atoms with Gasteiger partial charge in [-0.3, -0.25) is 5.32 Å². The van der Waals surface area contributed by atoms with Crippen LogP contribution in [0.4, 0.5) is 0 Å². The number of fused-ring (bicyclic) bond motifs is 1. The fourth-order valence-electron chi connectivity index (χ4n) is 2.47. The highest BCUT2D eigenvalue weighted by Gasteiger charge is 2.32. The standard InChI is InChI=1S/C18H20N2S/c1-18(13-19,20-16-7-8-16)10-11-21-17-9-6-14-4-2-3-5-15(14)12-17/h2-6,9,12,16,20H,7-8,10-11H2,1H3. The van der Waals surface area contributed by atoms with Crippen molar-refractivity contribution in [1.82, 2.24) is 5.32 Å². The summed E-state index contributed by atoms with van der Waals surface area (Å²) in [6, 6.07) is 18.0. The minimum atomic E-state index is -0.384. The van der Waals surface area contributed by atoms with Gasteiger partial charge in [-0.25, -0.2) is 0 Å². The van der Waals surface area contributed by atoms with Gasteiger partial charge < -0.3 is 0 Å². The highest BCUT2D eigenvalue weighted by molar-refractivity contribution is 7.99. The van der Waals surface area contributed by atoms with Crippen LogP contribution in [0.15, 0.2) is 47.4 Å². The van der Waals surface area contributed by atoms with E-state index >= 15 is 0 Å². The third-order valence-corrected chi connectivity index (χ3v) is 4.93. The minimum Gasteiger partial charge on any atom is -0.297 e. The van der Waals surface area contributed by atoms with Gasteiger partial charge in [0.25, 0.3) is 0 Å². The maximum atomic E-state index is 9.38. The molecule has 0 bridgehead atoms. The third kappa shape index (κ3) is 3.78. The molecule has 1 aliphatic carbocycles. The molecule has 0 aromatic heterocycles. The van der Waals surface area contributed by atoms with Crippen LogP contribution in [0, 0.1) is 11.3 Å². The Kier molecular flexibility index (Phi) is 4.19. The van der Waals surface area contributed by atoms with Crippen LogP contribution in [0.5, 0.6) is 0 Å². The molecule has 1 N–H and O–H groups in total. The number of hydrogen-bond donors (Lipinski definition) is 1. The number of nitriles is 1. The summed E-state index contributed by atoms with van der Waals surface area (Å²) in [4.78, 5) is 1.28. The molecular weight excluding hydrogens is 276 g/mol. The molecule has 0 radical (unpaired) electrons. The topological polar surface area (TPSA) is 35.8 Å². The summed E-state index contributed by atoms with van der Waals surface area (Å²) in [6.07, 6.45) is 3.31. The fraction of sp³-hybridized carbons (Fsp3) is 0.389. The molecule has 2 nitrogen and oxygen atoms in total. The maximum Gasteiger partial charge on any atom is 0.104 e. The molecular formula is C18H20N2S. The lowest BCUT2D eigenvalue weighted by molar-refractivity contribution is 0.434. The second-order valence-electron chi connectivity index (χ2n) is 5.97. The van der Waals surface area contributed by atoms with Crippen LogP contribution in [-0.2, 0) is 0 Å². The van der Waals surface area contributed by atoms with E-state index in [0.29, 0.717) is 6.04 Å². The van der Waals surface area contributed by atoms with Crippen LogP contribution >= 0.6 is 11.8 Å². The van der Waals surface area contributed by atoms with Crippen molar-refractivity contribution in [2.45, 2.75) is 42.7 Å². The molecule has 108 valence electrons. The summed E-state index contributed by atoms with van der Waals surface area (Å²) in [5, 5.41) is 15.4. The molecule has 2 aromatic carbocycles. The van der Waals surface area contributed by atoms with Crippen LogP contribution in [0.1, 0.15) is 26.2 Å². The van der Waals surface area contributed by atoms with Crippen LogP contribution in [0.25, 0.3) is 10.8 Å². The third-order valence-electron chi connectivity index (χ3n) is 3.94. The second-order valence-corrected chi connectivity index (χ2v) is 7.14. The molecule has 1 fully saturated rings. The van der Waals surface area contributed by atoms with Crippen LogP contribution in [0.2, 0.25) is 0 Å². The molecule has 1 aliphatic rings. The summed E-state index contributed by atoms with van der Waals surface area (Å²) in [5.74, 6) is 0.960. The first kappa shape index (κ1) is 14.4. The van der Waals surface area contributed by atoms with Crippen molar-refractivity contribution in [3.05, 3.63) is 42.5 Å². The summed E-state index contributed by atoms with van der Waals surface area (Å²) in [6.45, 7) is 2.02. The molecule has 1 unspecified atom stereocenters. The lowest BCUT2D eigenvalue weighted by Gasteiger charge is -2.22. The Labute approximate surface area is 130 Å². The van der Waals surface area contributed by atoms with Crippen molar-refractivity contribution in [3.63, 3.8) is 0 Å².